The van der Waals surface area contributed by atoms with Gasteiger partial charge in [-0.25, -0.2) is 4.79 Å². The zero-order valence-corrected chi connectivity index (χ0v) is 20.4. The largest absolute Gasteiger partial charge is 0.423 e. The van der Waals surface area contributed by atoms with Crippen molar-refractivity contribution in [1.29, 1.82) is 0 Å². The van der Waals surface area contributed by atoms with E-state index in [1.807, 2.05) is 54.6 Å². The highest BCUT2D eigenvalue weighted by Gasteiger charge is 2.18. The predicted octanol–water partition coefficient (Wildman–Crippen LogP) is 6.58. The molecule has 0 radical (unpaired) electrons. The quantitative estimate of drug-likeness (QED) is 0.267. The number of benzene rings is 4. The molecule has 0 saturated carbocycles. The van der Waals surface area contributed by atoms with E-state index in [4.69, 9.17) is 10.5 Å². The lowest BCUT2D eigenvalue weighted by Crippen LogP contribution is -2.14. The maximum absolute atomic E-state index is 12.5. The van der Waals surface area contributed by atoms with Gasteiger partial charge in [-0.2, -0.15) is 0 Å². The van der Waals surface area contributed by atoms with Crippen LogP contribution in [0.4, 0.5) is 0 Å². The summed E-state index contributed by atoms with van der Waals surface area (Å²) in [5.74, 6) is -0.0882. The standard InChI is InChI=1S/C24H24O2.C7H7NO/c1-24(2,3)21-14-15-22(26-23(25)19-12-8-5-9-13-19)20(17-21)16-18-10-6-4-7-11-18;8-7(9)6-4-2-1-3-5-6/h4-15,17H,16H2,1-3H3;1-5H,(H2,8,9). The van der Waals surface area contributed by atoms with Gasteiger partial charge in [-0.3, -0.25) is 4.79 Å². The monoisotopic (exact) mass is 465 g/mol. The highest BCUT2D eigenvalue weighted by Crippen LogP contribution is 2.30. The molecule has 0 fully saturated rings. The molecule has 178 valence electrons. The minimum atomic E-state index is -0.379. The van der Waals surface area contributed by atoms with E-state index >= 15 is 0 Å². The Hall–Kier alpha value is -4.18. The third-order valence-electron chi connectivity index (χ3n) is 5.43. The Kier molecular flexibility index (Phi) is 8.58. The number of amides is 1. The number of ether oxygens (including phenoxy) is 1. The highest BCUT2D eigenvalue weighted by atomic mass is 16.5. The number of hydrogen-bond donors (Lipinski definition) is 1. The van der Waals surface area contributed by atoms with Crippen molar-refractivity contribution in [3.63, 3.8) is 0 Å². The fraction of sp³-hybridized carbons (Fsp3) is 0.161. The molecule has 2 N–H and O–H groups in total. The van der Waals surface area contributed by atoms with Crippen LogP contribution >= 0.6 is 0 Å². The number of nitrogens with two attached hydrogens (primary N) is 1. The minimum absolute atomic E-state index is 0.0351. The van der Waals surface area contributed by atoms with E-state index in [0.29, 0.717) is 16.9 Å². The summed E-state index contributed by atoms with van der Waals surface area (Å²) in [5.41, 5.74) is 9.55. The van der Waals surface area contributed by atoms with Crippen LogP contribution in [0.2, 0.25) is 0 Å². The van der Waals surface area contributed by atoms with E-state index in [9.17, 15) is 9.59 Å². The van der Waals surface area contributed by atoms with Gasteiger partial charge in [0.1, 0.15) is 5.75 Å². The normalized spacial score (nSPS) is 10.6. The molecule has 0 aromatic heterocycles. The van der Waals surface area contributed by atoms with E-state index in [-0.39, 0.29) is 17.3 Å². The fourth-order valence-electron chi connectivity index (χ4n) is 3.43. The second-order valence-corrected chi connectivity index (χ2v) is 9.22. The van der Waals surface area contributed by atoms with Crippen molar-refractivity contribution in [2.45, 2.75) is 32.6 Å². The van der Waals surface area contributed by atoms with Crippen LogP contribution in [0.1, 0.15) is 58.2 Å². The average molecular weight is 466 g/mol. The number of carbonyl (C=O) groups excluding carboxylic acids is 2. The molecule has 0 atom stereocenters. The lowest BCUT2D eigenvalue weighted by atomic mass is 9.85. The van der Waals surface area contributed by atoms with Crippen LogP contribution < -0.4 is 10.5 Å². The Morgan fingerprint density at radius 2 is 1.23 bits per heavy atom. The van der Waals surface area contributed by atoms with Gasteiger partial charge in [0, 0.05) is 12.0 Å². The van der Waals surface area contributed by atoms with Crippen molar-refractivity contribution in [1.82, 2.24) is 0 Å². The van der Waals surface area contributed by atoms with Crippen molar-refractivity contribution in [3.8, 4) is 5.75 Å². The molecule has 4 nitrogen and oxygen atoms in total. The molecular formula is C31H31NO3. The first kappa shape index (κ1) is 25.4. The summed E-state index contributed by atoms with van der Waals surface area (Å²) in [7, 11) is 0. The van der Waals surface area contributed by atoms with Crippen LogP contribution in [-0.2, 0) is 11.8 Å². The molecule has 0 aliphatic rings. The van der Waals surface area contributed by atoms with Gasteiger partial charge < -0.3 is 10.5 Å². The molecule has 35 heavy (non-hydrogen) atoms. The maximum Gasteiger partial charge on any atom is 0.343 e. The number of hydrogen-bond acceptors (Lipinski definition) is 3. The lowest BCUT2D eigenvalue weighted by molar-refractivity contribution is 0.0733. The molecule has 4 aromatic carbocycles. The Balaban J connectivity index is 0.000000320. The molecule has 0 aliphatic heterocycles. The van der Waals surface area contributed by atoms with E-state index in [0.717, 1.165) is 12.0 Å². The number of primary amides is 1. The van der Waals surface area contributed by atoms with Crippen LogP contribution in [-0.4, -0.2) is 11.9 Å². The topological polar surface area (TPSA) is 69.4 Å². The van der Waals surface area contributed by atoms with Crippen molar-refractivity contribution in [3.05, 3.63) is 137 Å². The Morgan fingerprint density at radius 3 is 1.71 bits per heavy atom. The zero-order valence-electron chi connectivity index (χ0n) is 20.4. The van der Waals surface area contributed by atoms with Crippen molar-refractivity contribution >= 4 is 11.9 Å². The van der Waals surface area contributed by atoms with Crippen LogP contribution in [0.25, 0.3) is 0 Å². The predicted molar refractivity (Wildman–Crippen MR) is 141 cm³/mol. The van der Waals surface area contributed by atoms with Gasteiger partial charge >= 0.3 is 5.97 Å². The second kappa shape index (κ2) is 11.8. The number of esters is 1. The molecule has 0 aliphatic carbocycles. The lowest BCUT2D eigenvalue weighted by Gasteiger charge is -2.21. The van der Waals surface area contributed by atoms with E-state index in [1.165, 1.54) is 11.1 Å². The first-order valence-electron chi connectivity index (χ1n) is 11.5. The van der Waals surface area contributed by atoms with Gasteiger partial charge in [0.15, 0.2) is 0 Å². The molecule has 0 spiro atoms. The second-order valence-electron chi connectivity index (χ2n) is 9.22. The Bertz CT molecular complexity index is 1240. The van der Waals surface area contributed by atoms with Crippen LogP contribution in [0.5, 0.6) is 5.75 Å². The summed E-state index contributed by atoms with van der Waals surface area (Å²) >= 11 is 0. The fourth-order valence-corrected chi connectivity index (χ4v) is 3.43. The third-order valence-corrected chi connectivity index (χ3v) is 5.43. The first-order valence-corrected chi connectivity index (χ1v) is 11.5. The SMILES string of the molecule is CC(C)(C)c1ccc(OC(=O)c2ccccc2)c(Cc2ccccc2)c1.NC(=O)c1ccccc1. The summed E-state index contributed by atoms with van der Waals surface area (Å²) < 4.78 is 5.73. The summed E-state index contributed by atoms with van der Waals surface area (Å²) in [6.45, 7) is 6.55. The van der Waals surface area contributed by atoms with Gasteiger partial charge in [-0.1, -0.05) is 99.6 Å². The smallest absolute Gasteiger partial charge is 0.343 e. The van der Waals surface area contributed by atoms with Gasteiger partial charge in [0.25, 0.3) is 0 Å². The van der Waals surface area contributed by atoms with E-state index in [2.05, 4.69) is 39.0 Å². The highest BCUT2D eigenvalue weighted by molar-refractivity contribution is 5.92. The minimum Gasteiger partial charge on any atom is -0.423 e. The van der Waals surface area contributed by atoms with Gasteiger partial charge in [-0.05, 0) is 52.4 Å². The maximum atomic E-state index is 12.5. The summed E-state index contributed by atoms with van der Waals surface area (Å²) in [6, 6.07) is 34.2. The molecule has 0 unspecified atom stereocenters. The zero-order chi connectivity index (χ0) is 25.3. The number of rotatable bonds is 5. The van der Waals surface area contributed by atoms with Crippen molar-refractivity contribution in [2.75, 3.05) is 0 Å². The molecule has 4 aromatic rings. The van der Waals surface area contributed by atoms with Crippen LogP contribution in [0.15, 0.2) is 109 Å². The molecule has 4 rings (SSSR count). The molecule has 4 heteroatoms. The van der Waals surface area contributed by atoms with Crippen molar-refractivity contribution < 1.29 is 14.3 Å². The first-order chi connectivity index (χ1) is 16.7. The van der Waals surface area contributed by atoms with Gasteiger partial charge in [0.2, 0.25) is 5.91 Å². The molecular weight excluding hydrogens is 434 g/mol. The van der Waals surface area contributed by atoms with Crippen LogP contribution in [0, 0.1) is 0 Å². The average Bonchev–Trinajstić information content (AvgIpc) is 2.86. The summed E-state index contributed by atoms with van der Waals surface area (Å²) in [4.78, 5) is 22.9. The van der Waals surface area contributed by atoms with Crippen LogP contribution in [0.3, 0.4) is 0 Å². The molecule has 0 bridgehead atoms. The molecule has 1 amide bonds. The van der Waals surface area contributed by atoms with E-state index in [1.54, 1.807) is 36.4 Å². The van der Waals surface area contributed by atoms with Gasteiger partial charge in [-0.15, -0.1) is 0 Å². The molecule has 0 saturated heterocycles. The summed E-state index contributed by atoms with van der Waals surface area (Å²) in [6.07, 6.45) is 0.724. The molecule has 0 heterocycles. The van der Waals surface area contributed by atoms with Gasteiger partial charge in [0.05, 0.1) is 5.56 Å². The summed E-state index contributed by atoms with van der Waals surface area (Å²) in [5, 5.41) is 0. The Labute approximate surface area is 207 Å². The Morgan fingerprint density at radius 1 is 0.714 bits per heavy atom. The number of carbonyl (C=O) groups is 2. The van der Waals surface area contributed by atoms with Crippen molar-refractivity contribution in [2.24, 2.45) is 5.73 Å². The van der Waals surface area contributed by atoms with E-state index < -0.39 is 0 Å². The third kappa shape index (κ3) is 7.68.